The molecule has 150 valence electrons. The Hall–Kier alpha value is -2.72. The molecule has 0 aliphatic carbocycles. The van der Waals surface area contributed by atoms with Crippen LogP contribution in [0.5, 0.6) is 0 Å². The van der Waals surface area contributed by atoms with Crippen molar-refractivity contribution in [3.63, 3.8) is 0 Å². The summed E-state index contributed by atoms with van der Waals surface area (Å²) in [6, 6.07) is 13.4. The van der Waals surface area contributed by atoms with Crippen LogP contribution in [0.15, 0.2) is 64.2 Å². The number of oxime groups is 1. The van der Waals surface area contributed by atoms with Gasteiger partial charge in [-0.3, -0.25) is 0 Å². The summed E-state index contributed by atoms with van der Waals surface area (Å²) in [5, 5.41) is 5.33. The summed E-state index contributed by atoms with van der Waals surface area (Å²) in [5.41, 5.74) is 0.370. The van der Waals surface area contributed by atoms with Gasteiger partial charge in [0.2, 0.25) is 0 Å². The SMILES string of the molecule is C/C(=N/OC(=O)CSc1nc(-c2cccs2)cc(C(F)(F)F)n1)c1ccccc1. The number of halogens is 3. The van der Waals surface area contributed by atoms with E-state index in [4.69, 9.17) is 4.84 Å². The second-order valence-corrected chi connectivity index (χ2v) is 7.58. The fourth-order valence-corrected chi connectivity index (χ4v) is 3.50. The Morgan fingerprint density at radius 3 is 2.59 bits per heavy atom. The number of nitrogens with zero attached hydrogens (tertiary/aromatic N) is 3. The van der Waals surface area contributed by atoms with Crippen LogP contribution in [0, 0.1) is 0 Å². The van der Waals surface area contributed by atoms with Gasteiger partial charge in [0.1, 0.15) is 11.4 Å². The van der Waals surface area contributed by atoms with Crippen molar-refractivity contribution >= 4 is 34.8 Å². The van der Waals surface area contributed by atoms with E-state index in [2.05, 4.69) is 15.1 Å². The molecule has 0 saturated heterocycles. The summed E-state index contributed by atoms with van der Waals surface area (Å²) < 4.78 is 39.5. The molecule has 0 bridgehead atoms. The number of carbonyl (C=O) groups excluding carboxylic acids is 1. The molecule has 2 heterocycles. The lowest BCUT2D eigenvalue weighted by Crippen LogP contribution is -2.11. The first-order valence-corrected chi connectivity index (χ1v) is 10.1. The number of carbonyl (C=O) groups is 1. The number of alkyl halides is 3. The standard InChI is InChI=1S/C19H14F3N3O2S2/c1-12(13-6-3-2-4-7-13)25-27-17(26)11-29-18-23-14(15-8-5-9-28-15)10-16(24-18)19(20,21)22/h2-10H,11H2,1H3/b25-12-. The third-order valence-corrected chi connectivity index (χ3v) is 5.28. The summed E-state index contributed by atoms with van der Waals surface area (Å²) >= 11 is 2.02. The lowest BCUT2D eigenvalue weighted by atomic mass is 10.1. The molecule has 10 heteroatoms. The molecule has 0 atom stereocenters. The van der Waals surface area contributed by atoms with Gasteiger partial charge < -0.3 is 4.84 Å². The number of thiophene rings is 1. The van der Waals surface area contributed by atoms with E-state index in [1.807, 2.05) is 30.3 Å². The maximum atomic E-state index is 13.2. The van der Waals surface area contributed by atoms with Crippen LogP contribution in [0.3, 0.4) is 0 Å². The third-order valence-electron chi connectivity index (χ3n) is 3.56. The zero-order valence-corrected chi connectivity index (χ0v) is 16.6. The Kier molecular flexibility index (Phi) is 6.65. The molecule has 0 unspecified atom stereocenters. The van der Waals surface area contributed by atoms with E-state index in [9.17, 15) is 18.0 Å². The van der Waals surface area contributed by atoms with Crippen LogP contribution >= 0.6 is 23.1 Å². The van der Waals surface area contributed by atoms with Crippen LogP contribution in [0.2, 0.25) is 0 Å². The number of rotatable bonds is 6. The average molecular weight is 437 g/mol. The molecule has 0 aliphatic heterocycles. The lowest BCUT2D eigenvalue weighted by molar-refractivity contribution is -0.141. The highest BCUT2D eigenvalue weighted by atomic mass is 32.2. The number of aromatic nitrogens is 2. The quantitative estimate of drug-likeness (QED) is 0.173. The van der Waals surface area contributed by atoms with Crippen LogP contribution in [0.1, 0.15) is 18.2 Å². The van der Waals surface area contributed by atoms with Gasteiger partial charge in [0.05, 0.1) is 16.3 Å². The second kappa shape index (κ2) is 9.19. The smallest absolute Gasteiger partial charge is 0.317 e. The minimum Gasteiger partial charge on any atom is -0.317 e. The lowest BCUT2D eigenvalue weighted by Gasteiger charge is -2.09. The molecular formula is C19H14F3N3O2S2. The maximum Gasteiger partial charge on any atom is 0.433 e. The first-order valence-electron chi connectivity index (χ1n) is 8.26. The molecule has 1 aromatic carbocycles. The molecule has 5 nitrogen and oxygen atoms in total. The number of thioether (sulfide) groups is 1. The molecule has 0 fully saturated rings. The molecule has 0 aliphatic rings. The molecule has 0 saturated carbocycles. The molecule has 0 spiro atoms. The van der Waals surface area contributed by atoms with Crippen LogP contribution < -0.4 is 0 Å². The summed E-state index contributed by atoms with van der Waals surface area (Å²) in [5.74, 6) is -1.000. The van der Waals surface area contributed by atoms with Gasteiger partial charge in [-0.05, 0) is 30.0 Å². The Bertz CT molecular complexity index is 1010. The van der Waals surface area contributed by atoms with Crippen molar-refractivity contribution in [2.24, 2.45) is 5.16 Å². The first kappa shape index (κ1) is 21.0. The fraction of sp³-hybridized carbons (Fsp3) is 0.158. The van der Waals surface area contributed by atoms with E-state index >= 15 is 0 Å². The summed E-state index contributed by atoms with van der Waals surface area (Å²) in [4.78, 5) is 25.0. The second-order valence-electron chi connectivity index (χ2n) is 5.69. The summed E-state index contributed by atoms with van der Waals surface area (Å²) in [6.07, 6.45) is -4.62. The molecule has 3 aromatic rings. The summed E-state index contributed by atoms with van der Waals surface area (Å²) in [6.45, 7) is 1.68. The Morgan fingerprint density at radius 1 is 1.17 bits per heavy atom. The van der Waals surface area contributed by atoms with Crippen LogP contribution in [-0.2, 0) is 15.8 Å². The zero-order chi connectivity index (χ0) is 20.9. The van der Waals surface area contributed by atoms with E-state index in [1.54, 1.807) is 24.4 Å². The first-order chi connectivity index (χ1) is 13.8. The zero-order valence-electron chi connectivity index (χ0n) is 15.0. The van der Waals surface area contributed by atoms with Crippen molar-refractivity contribution in [2.75, 3.05) is 5.75 Å². The molecule has 3 rings (SSSR count). The number of hydrogen-bond donors (Lipinski definition) is 0. The van der Waals surface area contributed by atoms with Crippen LogP contribution in [-0.4, -0.2) is 27.4 Å². The highest BCUT2D eigenvalue weighted by molar-refractivity contribution is 7.99. The Labute approximate surface area is 172 Å². The van der Waals surface area contributed by atoms with E-state index in [1.165, 1.54) is 11.3 Å². The highest BCUT2D eigenvalue weighted by Crippen LogP contribution is 2.33. The normalized spacial score (nSPS) is 12.1. The van der Waals surface area contributed by atoms with Crippen LogP contribution in [0.4, 0.5) is 13.2 Å². The van der Waals surface area contributed by atoms with Gasteiger partial charge in [0, 0.05) is 0 Å². The van der Waals surface area contributed by atoms with Crippen molar-refractivity contribution in [2.45, 2.75) is 18.3 Å². The van der Waals surface area contributed by atoms with Gasteiger partial charge >= 0.3 is 12.1 Å². The molecule has 2 aromatic heterocycles. The Morgan fingerprint density at radius 2 is 1.93 bits per heavy atom. The van der Waals surface area contributed by atoms with E-state index in [0.717, 1.165) is 23.4 Å². The van der Waals surface area contributed by atoms with E-state index in [0.29, 0.717) is 10.6 Å². The van der Waals surface area contributed by atoms with Crippen molar-refractivity contribution in [3.8, 4) is 10.6 Å². The van der Waals surface area contributed by atoms with E-state index in [-0.39, 0.29) is 16.6 Å². The van der Waals surface area contributed by atoms with E-state index < -0.39 is 17.8 Å². The van der Waals surface area contributed by atoms with Gasteiger partial charge in [-0.1, -0.05) is 53.3 Å². The largest absolute Gasteiger partial charge is 0.433 e. The predicted molar refractivity (Wildman–Crippen MR) is 106 cm³/mol. The van der Waals surface area contributed by atoms with Crippen LogP contribution in [0.25, 0.3) is 10.6 Å². The number of benzene rings is 1. The average Bonchev–Trinajstić information content (AvgIpc) is 3.25. The van der Waals surface area contributed by atoms with Gasteiger partial charge in [0.25, 0.3) is 0 Å². The monoisotopic (exact) mass is 437 g/mol. The van der Waals surface area contributed by atoms with Gasteiger partial charge in [-0.15, -0.1) is 11.3 Å². The molecule has 0 amide bonds. The minimum absolute atomic E-state index is 0.149. The fourth-order valence-electron chi connectivity index (χ4n) is 2.19. The molecule has 0 N–H and O–H groups in total. The Balaban J connectivity index is 1.69. The topological polar surface area (TPSA) is 64.4 Å². The van der Waals surface area contributed by atoms with Crippen molar-refractivity contribution in [3.05, 3.63) is 65.2 Å². The third kappa shape index (κ3) is 5.88. The molecule has 0 radical (unpaired) electrons. The molecular weight excluding hydrogens is 423 g/mol. The maximum absolute atomic E-state index is 13.2. The van der Waals surface area contributed by atoms with Crippen molar-refractivity contribution < 1.29 is 22.8 Å². The minimum atomic E-state index is -4.62. The highest BCUT2D eigenvalue weighted by Gasteiger charge is 2.34. The van der Waals surface area contributed by atoms with Crippen molar-refractivity contribution in [1.29, 1.82) is 0 Å². The molecule has 29 heavy (non-hydrogen) atoms. The van der Waals surface area contributed by atoms with Gasteiger partial charge in [0.15, 0.2) is 5.16 Å². The van der Waals surface area contributed by atoms with Gasteiger partial charge in [-0.2, -0.15) is 13.2 Å². The predicted octanol–water partition coefficient (Wildman–Crippen LogP) is 5.28. The van der Waals surface area contributed by atoms with Gasteiger partial charge in [-0.25, -0.2) is 14.8 Å². The van der Waals surface area contributed by atoms with Crippen molar-refractivity contribution in [1.82, 2.24) is 9.97 Å². The number of hydrogen-bond acceptors (Lipinski definition) is 7. The summed E-state index contributed by atoms with van der Waals surface area (Å²) in [7, 11) is 0.